The predicted octanol–water partition coefficient (Wildman–Crippen LogP) is 3.25. The van der Waals surface area contributed by atoms with Gasteiger partial charge in [0.05, 0.1) is 19.6 Å². The molecular formula is C20H33ClN2O3. The molecule has 0 radical (unpaired) electrons. The third kappa shape index (κ3) is 5.04. The Morgan fingerprint density at radius 2 is 1.81 bits per heavy atom. The molecule has 1 saturated heterocycles. The van der Waals surface area contributed by atoms with E-state index in [0.717, 1.165) is 44.0 Å². The van der Waals surface area contributed by atoms with Crippen molar-refractivity contribution in [3.8, 4) is 11.5 Å². The summed E-state index contributed by atoms with van der Waals surface area (Å²) in [5, 5.41) is 3.21. The zero-order valence-electron chi connectivity index (χ0n) is 16.6. The van der Waals surface area contributed by atoms with E-state index in [-0.39, 0.29) is 18.3 Å². The molecule has 0 saturated carbocycles. The first kappa shape index (κ1) is 22.6. The molecule has 0 aliphatic carbocycles. The quantitative estimate of drug-likeness (QED) is 0.784. The molecule has 2 rings (SSSR count). The number of nitrogens with zero attached hydrogens (tertiary/aromatic N) is 1. The monoisotopic (exact) mass is 384 g/mol. The van der Waals surface area contributed by atoms with E-state index in [2.05, 4.69) is 5.32 Å². The number of piperidine rings is 1. The molecule has 1 aromatic rings. The van der Waals surface area contributed by atoms with Crippen LogP contribution in [0.25, 0.3) is 0 Å². The van der Waals surface area contributed by atoms with Gasteiger partial charge in [0.1, 0.15) is 0 Å². The van der Waals surface area contributed by atoms with E-state index in [1.807, 2.05) is 44.0 Å². The molecule has 0 atom stereocenters. The first-order chi connectivity index (χ1) is 11.9. The number of methoxy groups -OCH3 is 2. The van der Waals surface area contributed by atoms with Crippen LogP contribution >= 0.6 is 12.4 Å². The van der Waals surface area contributed by atoms with Crippen molar-refractivity contribution in [2.45, 2.75) is 38.5 Å². The van der Waals surface area contributed by atoms with Crippen molar-refractivity contribution >= 4 is 18.3 Å². The maximum absolute atomic E-state index is 13.1. The number of rotatable bonds is 7. The predicted molar refractivity (Wildman–Crippen MR) is 108 cm³/mol. The van der Waals surface area contributed by atoms with Crippen LogP contribution in [0.4, 0.5) is 0 Å². The zero-order chi connectivity index (χ0) is 18.4. The standard InChI is InChI=1S/C20H32N2O3.ClH/c1-20(2,16-6-7-17(24-4)18(14-16)25-5)19(23)22-12-9-15(10-13-22)8-11-21-3;/h6-7,14-15,21H,8-13H2,1-5H3;1H. The Kier molecular flexibility index (Phi) is 8.71. The maximum atomic E-state index is 13.1. The lowest BCUT2D eigenvalue weighted by Crippen LogP contribution is -2.47. The number of benzene rings is 1. The molecule has 1 amide bonds. The van der Waals surface area contributed by atoms with Gasteiger partial charge in [-0.25, -0.2) is 0 Å². The van der Waals surface area contributed by atoms with E-state index in [1.54, 1.807) is 14.2 Å². The number of likely N-dealkylation sites (tertiary alicyclic amines) is 1. The molecule has 1 N–H and O–H groups in total. The van der Waals surface area contributed by atoms with Crippen LogP contribution in [0.1, 0.15) is 38.7 Å². The van der Waals surface area contributed by atoms with Gasteiger partial charge in [-0.05, 0) is 70.3 Å². The summed E-state index contributed by atoms with van der Waals surface area (Å²) in [7, 11) is 5.22. The van der Waals surface area contributed by atoms with Crippen LogP contribution in [0.15, 0.2) is 18.2 Å². The fraction of sp³-hybridized carbons (Fsp3) is 0.650. The van der Waals surface area contributed by atoms with E-state index < -0.39 is 5.41 Å². The van der Waals surface area contributed by atoms with Crippen LogP contribution in [0.3, 0.4) is 0 Å². The second kappa shape index (κ2) is 10.0. The number of nitrogens with one attached hydrogen (secondary N) is 1. The summed E-state index contributed by atoms with van der Waals surface area (Å²) in [5.74, 6) is 2.25. The highest BCUT2D eigenvalue weighted by molar-refractivity contribution is 5.87. The lowest BCUT2D eigenvalue weighted by molar-refractivity contribution is -0.137. The van der Waals surface area contributed by atoms with Crippen molar-refractivity contribution in [2.24, 2.45) is 5.92 Å². The average Bonchev–Trinajstić information content (AvgIpc) is 2.65. The van der Waals surface area contributed by atoms with Crippen LogP contribution in [0.5, 0.6) is 11.5 Å². The summed E-state index contributed by atoms with van der Waals surface area (Å²) in [5.41, 5.74) is 0.365. The van der Waals surface area contributed by atoms with Crippen LogP contribution in [-0.4, -0.2) is 51.7 Å². The molecule has 1 fully saturated rings. The summed E-state index contributed by atoms with van der Waals surface area (Å²) in [4.78, 5) is 15.2. The minimum Gasteiger partial charge on any atom is -0.493 e. The summed E-state index contributed by atoms with van der Waals surface area (Å²) >= 11 is 0. The number of carbonyl (C=O) groups is 1. The highest BCUT2D eigenvalue weighted by Gasteiger charge is 2.36. The maximum Gasteiger partial charge on any atom is 0.232 e. The van der Waals surface area contributed by atoms with Gasteiger partial charge < -0.3 is 19.7 Å². The fourth-order valence-electron chi connectivity index (χ4n) is 3.52. The molecule has 0 unspecified atom stereocenters. The second-order valence-electron chi connectivity index (χ2n) is 7.32. The van der Waals surface area contributed by atoms with E-state index in [1.165, 1.54) is 6.42 Å². The number of amides is 1. The Bertz CT molecular complexity index is 584. The summed E-state index contributed by atoms with van der Waals surface area (Å²) < 4.78 is 10.7. The van der Waals surface area contributed by atoms with E-state index in [4.69, 9.17) is 9.47 Å². The van der Waals surface area contributed by atoms with Crippen molar-refractivity contribution < 1.29 is 14.3 Å². The first-order valence-corrected chi connectivity index (χ1v) is 9.10. The molecule has 1 aliphatic heterocycles. The van der Waals surface area contributed by atoms with Crippen molar-refractivity contribution in [1.29, 1.82) is 0 Å². The second-order valence-corrected chi connectivity index (χ2v) is 7.32. The molecule has 0 aromatic heterocycles. The van der Waals surface area contributed by atoms with Gasteiger partial charge >= 0.3 is 0 Å². The molecule has 1 aliphatic rings. The zero-order valence-corrected chi connectivity index (χ0v) is 17.4. The number of ether oxygens (including phenoxy) is 2. The Hall–Kier alpha value is -1.46. The topological polar surface area (TPSA) is 50.8 Å². The molecular weight excluding hydrogens is 352 g/mol. The van der Waals surface area contributed by atoms with Crippen LogP contribution in [-0.2, 0) is 10.2 Å². The number of carbonyl (C=O) groups excluding carboxylic acids is 1. The molecule has 5 nitrogen and oxygen atoms in total. The summed E-state index contributed by atoms with van der Waals surface area (Å²) in [6.07, 6.45) is 3.38. The number of halogens is 1. The van der Waals surface area contributed by atoms with Gasteiger partial charge in [-0.3, -0.25) is 4.79 Å². The molecule has 0 bridgehead atoms. The van der Waals surface area contributed by atoms with E-state index in [0.29, 0.717) is 11.5 Å². The van der Waals surface area contributed by atoms with E-state index in [9.17, 15) is 4.79 Å². The van der Waals surface area contributed by atoms with Gasteiger partial charge in [-0.1, -0.05) is 6.07 Å². The minimum atomic E-state index is -0.586. The Morgan fingerprint density at radius 1 is 1.19 bits per heavy atom. The normalized spacial score (nSPS) is 15.3. The number of hydrogen-bond acceptors (Lipinski definition) is 4. The lowest BCUT2D eigenvalue weighted by Gasteiger charge is -2.37. The third-order valence-corrected chi connectivity index (χ3v) is 5.34. The van der Waals surface area contributed by atoms with Crippen LogP contribution in [0, 0.1) is 5.92 Å². The molecule has 1 heterocycles. The summed E-state index contributed by atoms with van der Waals surface area (Å²) in [6, 6.07) is 5.74. The fourth-order valence-corrected chi connectivity index (χ4v) is 3.52. The largest absolute Gasteiger partial charge is 0.493 e. The Balaban J connectivity index is 0.00000338. The first-order valence-electron chi connectivity index (χ1n) is 9.10. The van der Waals surface area contributed by atoms with Gasteiger partial charge in [-0.15, -0.1) is 12.4 Å². The van der Waals surface area contributed by atoms with Gasteiger partial charge in [-0.2, -0.15) is 0 Å². The highest BCUT2D eigenvalue weighted by atomic mass is 35.5. The van der Waals surface area contributed by atoms with Crippen molar-refractivity contribution in [1.82, 2.24) is 10.2 Å². The van der Waals surface area contributed by atoms with Gasteiger partial charge in [0.15, 0.2) is 11.5 Å². The minimum absolute atomic E-state index is 0. The SMILES string of the molecule is CNCCC1CCN(C(=O)C(C)(C)c2ccc(OC)c(OC)c2)CC1.Cl. The Morgan fingerprint density at radius 3 is 2.35 bits per heavy atom. The Labute approximate surface area is 163 Å². The van der Waals surface area contributed by atoms with Gasteiger partial charge in [0.2, 0.25) is 5.91 Å². The van der Waals surface area contributed by atoms with Crippen molar-refractivity contribution in [2.75, 3.05) is 40.9 Å². The number of hydrogen-bond donors (Lipinski definition) is 1. The molecule has 1 aromatic carbocycles. The van der Waals surface area contributed by atoms with Crippen molar-refractivity contribution in [3.63, 3.8) is 0 Å². The lowest BCUT2D eigenvalue weighted by atomic mass is 9.82. The molecule has 0 spiro atoms. The summed E-state index contributed by atoms with van der Waals surface area (Å²) in [6.45, 7) is 6.73. The highest BCUT2D eigenvalue weighted by Crippen LogP contribution is 2.35. The van der Waals surface area contributed by atoms with Crippen molar-refractivity contribution in [3.05, 3.63) is 23.8 Å². The molecule has 148 valence electrons. The van der Waals surface area contributed by atoms with Gasteiger partial charge in [0, 0.05) is 13.1 Å². The van der Waals surface area contributed by atoms with Gasteiger partial charge in [0.25, 0.3) is 0 Å². The van der Waals surface area contributed by atoms with E-state index >= 15 is 0 Å². The average molecular weight is 385 g/mol. The smallest absolute Gasteiger partial charge is 0.232 e. The molecule has 26 heavy (non-hydrogen) atoms. The molecule has 6 heteroatoms. The third-order valence-electron chi connectivity index (χ3n) is 5.34. The van der Waals surface area contributed by atoms with Crippen LogP contribution < -0.4 is 14.8 Å². The van der Waals surface area contributed by atoms with Crippen LogP contribution in [0.2, 0.25) is 0 Å².